The monoisotopic (exact) mass is 311 g/mol. The first-order valence-electron chi connectivity index (χ1n) is 4.88. The minimum atomic E-state index is -0.527. The Hall–Kier alpha value is -2.02. The number of nitrogens with zero attached hydrogens (tertiary/aromatic N) is 1. The molecule has 0 saturated carbocycles. The fourth-order valence-electron chi connectivity index (χ4n) is 1.27. The molecule has 0 unspecified atom stereocenters. The van der Waals surface area contributed by atoms with Crippen LogP contribution in [0.4, 0.5) is 10.2 Å². The molecule has 92 valence electrons. The summed E-state index contributed by atoms with van der Waals surface area (Å²) >= 11 is 3.15. The number of anilines is 1. The van der Waals surface area contributed by atoms with Gasteiger partial charge in [-0.1, -0.05) is 0 Å². The van der Waals surface area contributed by atoms with Crippen molar-refractivity contribution >= 4 is 27.7 Å². The maximum absolute atomic E-state index is 13.0. The van der Waals surface area contributed by atoms with Crippen LogP contribution in [0.15, 0.2) is 39.6 Å². The van der Waals surface area contributed by atoms with Crippen LogP contribution in [0.1, 0.15) is 10.4 Å². The number of aromatic nitrogens is 2. The van der Waals surface area contributed by atoms with Crippen molar-refractivity contribution in [3.05, 3.63) is 56.5 Å². The molecular weight excluding hydrogens is 305 g/mol. The van der Waals surface area contributed by atoms with E-state index in [4.69, 9.17) is 0 Å². The van der Waals surface area contributed by atoms with Crippen LogP contribution in [0.25, 0.3) is 0 Å². The molecule has 1 aromatic heterocycles. The van der Waals surface area contributed by atoms with E-state index in [1.165, 1.54) is 24.3 Å². The third-order valence-electron chi connectivity index (χ3n) is 2.09. The molecule has 0 bridgehead atoms. The molecule has 0 aliphatic rings. The Labute approximate surface area is 109 Å². The summed E-state index contributed by atoms with van der Waals surface area (Å²) in [6, 6.07) is 6.35. The molecule has 2 aromatic rings. The van der Waals surface area contributed by atoms with E-state index in [9.17, 15) is 14.0 Å². The third kappa shape index (κ3) is 2.80. The summed E-state index contributed by atoms with van der Waals surface area (Å²) in [5.74, 6) is -0.866. The normalized spacial score (nSPS) is 10.1. The van der Waals surface area contributed by atoms with Crippen molar-refractivity contribution in [2.24, 2.45) is 0 Å². The summed E-state index contributed by atoms with van der Waals surface area (Å²) in [6.07, 6.45) is 0. The zero-order valence-corrected chi connectivity index (χ0v) is 10.5. The molecule has 1 heterocycles. The van der Waals surface area contributed by atoms with Crippen molar-refractivity contribution in [2.45, 2.75) is 0 Å². The zero-order chi connectivity index (χ0) is 13.1. The number of H-pyrrole nitrogens is 1. The van der Waals surface area contributed by atoms with Crippen molar-refractivity contribution in [3.8, 4) is 0 Å². The fourth-order valence-corrected chi connectivity index (χ4v) is 1.70. The van der Waals surface area contributed by atoms with Crippen LogP contribution in [0, 0.1) is 5.82 Å². The van der Waals surface area contributed by atoms with E-state index in [2.05, 4.69) is 31.4 Å². The second-order valence-corrected chi connectivity index (χ2v) is 4.24. The highest BCUT2D eigenvalue weighted by molar-refractivity contribution is 9.10. The molecule has 0 fully saturated rings. The van der Waals surface area contributed by atoms with Gasteiger partial charge in [-0.3, -0.25) is 9.59 Å². The number of nitrogens with one attached hydrogen (secondary N) is 2. The fraction of sp³-hybridized carbons (Fsp3) is 0. The highest BCUT2D eigenvalue weighted by Gasteiger charge is 2.11. The van der Waals surface area contributed by atoms with Gasteiger partial charge >= 0.3 is 0 Å². The first kappa shape index (κ1) is 12.4. The Morgan fingerprint density at radius 3 is 2.78 bits per heavy atom. The largest absolute Gasteiger partial charge is 0.305 e. The van der Waals surface area contributed by atoms with Crippen LogP contribution in [0.5, 0.6) is 0 Å². The molecule has 0 saturated heterocycles. The number of benzene rings is 1. The average Bonchev–Trinajstić information content (AvgIpc) is 2.35. The lowest BCUT2D eigenvalue weighted by Gasteiger charge is -2.05. The smallest absolute Gasteiger partial charge is 0.264 e. The lowest BCUT2D eigenvalue weighted by molar-refractivity contribution is 0.102. The second kappa shape index (κ2) is 5.09. The SMILES string of the molecule is O=C(Nc1ccc(=O)[nH]n1)c1cc(F)ccc1Br. The molecule has 1 amide bonds. The zero-order valence-electron chi connectivity index (χ0n) is 8.91. The van der Waals surface area contributed by atoms with Crippen LogP contribution < -0.4 is 10.9 Å². The Balaban J connectivity index is 2.24. The van der Waals surface area contributed by atoms with E-state index in [1.54, 1.807) is 0 Å². The van der Waals surface area contributed by atoms with Crippen molar-refractivity contribution in [1.29, 1.82) is 0 Å². The van der Waals surface area contributed by atoms with Crippen LogP contribution in [0.3, 0.4) is 0 Å². The Morgan fingerprint density at radius 2 is 2.11 bits per heavy atom. The van der Waals surface area contributed by atoms with Gasteiger partial charge in [0.2, 0.25) is 0 Å². The van der Waals surface area contributed by atoms with E-state index in [0.29, 0.717) is 4.47 Å². The minimum absolute atomic E-state index is 0.142. The van der Waals surface area contributed by atoms with Gasteiger partial charge in [0.15, 0.2) is 5.82 Å². The van der Waals surface area contributed by atoms with Gasteiger partial charge in [0, 0.05) is 10.5 Å². The number of carbonyl (C=O) groups is 1. The molecule has 0 spiro atoms. The average molecular weight is 312 g/mol. The van der Waals surface area contributed by atoms with Gasteiger partial charge in [-0.05, 0) is 40.2 Å². The van der Waals surface area contributed by atoms with Gasteiger partial charge in [-0.2, -0.15) is 5.10 Å². The predicted molar refractivity (Wildman–Crippen MR) is 66.9 cm³/mol. The maximum atomic E-state index is 13.0. The minimum Gasteiger partial charge on any atom is -0.305 e. The van der Waals surface area contributed by atoms with E-state index < -0.39 is 11.7 Å². The summed E-state index contributed by atoms with van der Waals surface area (Å²) in [6.45, 7) is 0. The molecule has 2 N–H and O–H groups in total. The molecular formula is C11H7BrFN3O2. The molecule has 1 aromatic carbocycles. The number of aromatic amines is 1. The molecule has 5 nitrogen and oxygen atoms in total. The summed E-state index contributed by atoms with van der Waals surface area (Å²) in [4.78, 5) is 22.6. The van der Waals surface area contributed by atoms with Gasteiger partial charge in [0.25, 0.3) is 11.5 Å². The van der Waals surface area contributed by atoms with Crippen molar-refractivity contribution in [3.63, 3.8) is 0 Å². The number of hydrogen-bond acceptors (Lipinski definition) is 3. The van der Waals surface area contributed by atoms with E-state index in [-0.39, 0.29) is 16.9 Å². The Kier molecular flexibility index (Phi) is 3.52. The first-order valence-corrected chi connectivity index (χ1v) is 5.68. The van der Waals surface area contributed by atoms with Gasteiger partial charge < -0.3 is 5.32 Å². The van der Waals surface area contributed by atoms with E-state index in [0.717, 1.165) is 6.07 Å². The summed E-state index contributed by atoms with van der Waals surface area (Å²) in [7, 11) is 0. The van der Waals surface area contributed by atoms with E-state index in [1.807, 2.05) is 0 Å². The van der Waals surface area contributed by atoms with Crippen LogP contribution in [-0.4, -0.2) is 16.1 Å². The van der Waals surface area contributed by atoms with E-state index >= 15 is 0 Å². The van der Waals surface area contributed by atoms with Gasteiger partial charge in [0.05, 0.1) is 5.56 Å². The van der Waals surface area contributed by atoms with Gasteiger partial charge in [-0.25, -0.2) is 9.49 Å². The Morgan fingerprint density at radius 1 is 1.33 bits per heavy atom. The van der Waals surface area contributed by atoms with Gasteiger partial charge in [0.1, 0.15) is 5.82 Å². The van der Waals surface area contributed by atoms with Crippen LogP contribution in [-0.2, 0) is 0 Å². The molecule has 0 atom stereocenters. The number of hydrogen-bond donors (Lipinski definition) is 2. The molecule has 7 heteroatoms. The number of rotatable bonds is 2. The predicted octanol–water partition coefficient (Wildman–Crippen LogP) is 1.92. The number of carbonyl (C=O) groups excluding carboxylic acids is 1. The topological polar surface area (TPSA) is 74.8 Å². The van der Waals surface area contributed by atoms with Gasteiger partial charge in [-0.15, -0.1) is 0 Å². The summed E-state index contributed by atoms with van der Waals surface area (Å²) < 4.78 is 13.5. The lowest BCUT2D eigenvalue weighted by atomic mass is 10.2. The highest BCUT2D eigenvalue weighted by atomic mass is 79.9. The molecule has 18 heavy (non-hydrogen) atoms. The van der Waals surface area contributed by atoms with Crippen molar-refractivity contribution in [2.75, 3.05) is 5.32 Å². The number of amides is 1. The molecule has 0 radical (unpaired) electrons. The quantitative estimate of drug-likeness (QED) is 0.890. The lowest BCUT2D eigenvalue weighted by Crippen LogP contribution is -2.16. The summed E-state index contributed by atoms with van der Waals surface area (Å²) in [5.41, 5.74) is -0.233. The van der Waals surface area contributed by atoms with Crippen LogP contribution >= 0.6 is 15.9 Å². The second-order valence-electron chi connectivity index (χ2n) is 3.38. The van der Waals surface area contributed by atoms with Crippen LogP contribution in [0.2, 0.25) is 0 Å². The third-order valence-corrected chi connectivity index (χ3v) is 2.79. The van der Waals surface area contributed by atoms with Crippen molar-refractivity contribution < 1.29 is 9.18 Å². The molecule has 0 aliphatic heterocycles. The highest BCUT2D eigenvalue weighted by Crippen LogP contribution is 2.18. The molecule has 2 rings (SSSR count). The maximum Gasteiger partial charge on any atom is 0.264 e. The van der Waals surface area contributed by atoms with Crippen molar-refractivity contribution in [1.82, 2.24) is 10.2 Å². The first-order chi connectivity index (χ1) is 8.56. The Bertz CT molecular complexity index is 636. The summed E-state index contributed by atoms with van der Waals surface area (Å²) in [5, 5.41) is 8.23. The standard InChI is InChI=1S/C11H7BrFN3O2/c12-8-2-1-6(13)5-7(8)11(18)14-9-3-4-10(17)16-15-9/h1-5H,(H,16,17)(H,14,15,18). The number of halogens is 2. The molecule has 0 aliphatic carbocycles.